The number of nitrogens with one attached hydrogen (secondary N) is 1. The molecule has 516 valence electrons. The van der Waals surface area contributed by atoms with E-state index in [4.69, 9.17) is 63.2 Å². The first-order chi connectivity index (χ1) is 43.3. The number of rotatable bonds is 27. The molecule has 0 spiro atoms. The van der Waals surface area contributed by atoms with E-state index in [-0.39, 0.29) is 104 Å². The number of aryl methyl sites for hydroxylation is 2. The second-order valence-corrected chi connectivity index (χ2v) is 29.5. The Bertz CT molecular complexity index is 3710. The number of carbonyl (C=O) groups is 7. The summed E-state index contributed by atoms with van der Waals surface area (Å²) < 4.78 is 33.7. The van der Waals surface area contributed by atoms with Crippen LogP contribution in [0.25, 0.3) is 11.0 Å². The van der Waals surface area contributed by atoms with Crippen LogP contribution in [0.4, 0.5) is 0 Å². The van der Waals surface area contributed by atoms with Gasteiger partial charge < -0.3 is 28.9 Å². The number of primary amides is 6. The molecule has 6 aliphatic rings. The van der Waals surface area contributed by atoms with Gasteiger partial charge in [-0.3, -0.25) is 4.57 Å². The molecule has 0 aliphatic carbocycles. The van der Waals surface area contributed by atoms with Crippen molar-refractivity contribution in [1.29, 1.82) is 5.26 Å². The molecule has 1 aromatic heterocycles. The molecule has 28 nitrogen and oxygen atoms in total. The zero-order chi connectivity index (χ0) is 69.0. The van der Waals surface area contributed by atoms with E-state index < -0.39 is 143 Å². The number of allylic oxidation sites excluding steroid dienone is 6. The molecule has 7 heterocycles. The number of halogens is 1. The Morgan fingerprint density at radius 2 is 1.41 bits per heavy atom. The van der Waals surface area contributed by atoms with Crippen molar-refractivity contribution in [2.75, 3.05) is 13.2 Å². The van der Waals surface area contributed by atoms with Gasteiger partial charge in [-0.2, -0.15) is 0 Å². The number of fused-ring (bicyclic) bond motifs is 7. The Morgan fingerprint density at radius 1 is 0.819 bits per heavy atom. The predicted molar refractivity (Wildman–Crippen MR) is 343 cm³/mol. The van der Waals surface area contributed by atoms with Crippen molar-refractivity contribution in [3.05, 3.63) is 63.9 Å². The molecule has 0 radical (unpaired) electrons. The minimum atomic E-state index is -5.35. The summed E-state index contributed by atoms with van der Waals surface area (Å²) in [6.07, 6.45) is -5.38. The number of carbonyl (C=O) groups excluding carboxylic acids is 7. The first-order valence-electron chi connectivity index (χ1n) is 31.0. The molecular formula is C63H89ClCoN14O14P. The quantitative estimate of drug-likeness (QED) is 0.0580. The molecule has 8 bridgehead atoms. The molecule has 15 N–H and O–H groups in total. The van der Waals surface area contributed by atoms with Crippen molar-refractivity contribution in [2.24, 2.45) is 94.7 Å². The van der Waals surface area contributed by atoms with Gasteiger partial charge in [0.05, 0.1) is 24.0 Å². The number of ether oxygens (including phenoxy) is 1. The van der Waals surface area contributed by atoms with Crippen LogP contribution in [-0.2, 0) is 66.8 Å². The van der Waals surface area contributed by atoms with E-state index in [0.29, 0.717) is 56.4 Å². The number of phosphoric ester groups is 1. The maximum absolute atomic E-state index is 14.5. The van der Waals surface area contributed by atoms with E-state index in [1.165, 1.54) is 17.8 Å². The van der Waals surface area contributed by atoms with Crippen LogP contribution in [0.1, 0.15) is 150 Å². The SMILES string of the molecule is C/C1=C2N=C(/C=C3N=C(/C(C)=C4/[C@@H](CCC(N)=O)[C@](C)(CC(N)=O)[C@](C)([C@@H]5N=C1[C@](C)(CCC(=O)NCC(C)OP(=O)([O-])O[C@H]1[C@@H](O)[C@@H](n6cnc7cc(C)c(C)cc76)O[C@@H]1CO)[C@H]5CC(N)=O)[N]4[Co+][C]#N)[C@@](C)(CC(N)=O)[C@@H]\3CCC(N)=O)C(C)(C)[C@@H]/2CCC(N)=O.Cl. The summed E-state index contributed by atoms with van der Waals surface area (Å²) in [5.74, 6) is -7.88. The maximum atomic E-state index is 14.5. The van der Waals surface area contributed by atoms with Gasteiger partial charge in [0, 0.05) is 0 Å². The third-order valence-electron chi connectivity index (χ3n) is 20.8. The Kier molecular flexibility index (Phi) is 22.4. The molecule has 2 fully saturated rings. The number of nitriles is 1. The third-order valence-corrected chi connectivity index (χ3v) is 23.0. The molecule has 31 heteroatoms. The number of aliphatic hydroxyl groups is 2. The van der Waals surface area contributed by atoms with Crippen molar-refractivity contribution in [2.45, 2.75) is 189 Å². The molecule has 1 aromatic carbocycles. The molecule has 0 saturated carbocycles. The molecule has 2 unspecified atom stereocenters. The Labute approximate surface area is 558 Å². The molecule has 6 aliphatic heterocycles. The van der Waals surface area contributed by atoms with Gasteiger partial charge in [0.1, 0.15) is 18.3 Å². The van der Waals surface area contributed by atoms with Crippen LogP contribution in [0.15, 0.2) is 67.8 Å². The fourth-order valence-electron chi connectivity index (χ4n) is 15.7. The van der Waals surface area contributed by atoms with Gasteiger partial charge in [0.25, 0.3) is 7.82 Å². The third kappa shape index (κ3) is 14.0. The van der Waals surface area contributed by atoms with E-state index in [9.17, 15) is 58.5 Å². The van der Waals surface area contributed by atoms with Gasteiger partial charge in [0.2, 0.25) is 0 Å². The van der Waals surface area contributed by atoms with Crippen molar-refractivity contribution < 1.29 is 81.9 Å². The molecule has 94 heavy (non-hydrogen) atoms. The smallest absolute Gasteiger partial charge is 0.147 e. The summed E-state index contributed by atoms with van der Waals surface area (Å²) in [6, 6.07) is 2.56. The summed E-state index contributed by atoms with van der Waals surface area (Å²) in [4.78, 5) is 129. The number of amides is 7. The summed E-state index contributed by atoms with van der Waals surface area (Å²) in [7, 11) is -5.35. The molecule has 2 aromatic rings. The minimum Gasteiger partial charge on any atom is -0.147 e. The van der Waals surface area contributed by atoms with E-state index in [0.717, 1.165) is 11.1 Å². The first kappa shape index (κ1) is 74.7. The number of imidazole rings is 1. The monoisotopic (exact) mass is 1390 g/mol. The van der Waals surface area contributed by atoms with E-state index in [1.807, 2.05) is 53.7 Å². The zero-order valence-corrected chi connectivity index (χ0v) is 57.6. The normalized spacial score (nSPS) is 33.2. The fraction of sp³-hybridized carbons (Fsp3) is 0.619. The predicted octanol–water partition coefficient (Wildman–Crippen LogP) is 3.14. The molecule has 15 atom stereocenters. The minimum absolute atomic E-state index is 0. The average molecular weight is 1390 g/mol. The van der Waals surface area contributed by atoms with Crippen molar-refractivity contribution in [3.63, 3.8) is 0 Å². The molecule has 8 rings (SSSR count). The second kappa shape index (κ2) is 28.2. The van der Waals surface area contributed by atoms with Crippen molar-refractivity contribution >= 4 is 89.7 Å². The standard InChI is InChI=1S/C62H90N13O14P.CN.ClH.Co/c1-29-20-39-40(21-30(29)2)75(28-70-39)57-52(84)53(41(27-76)87-57)89-90(85,86)88-31(3)26-69-49(83)18-19-59(8)37(22-46(66)80)56-62(11)61(10,25-48(68)82)36(14-17-45(65)79)51(74-62)33(5)55-60(9,24-47(67)81)34(12-15-43(63)77)38(71-55)23-42-58(6,7)35(13-16-44(64)78)50(72-42)32(4)54(59)73-56;1-2;;/h20-21,23,28,31,34-37,41,52-53,56-57,76,84H,12-19,22,24-27H2,1-11H3,(H15,63,64,65,66,67,68,69,71,72,73,74,77,78,79,80,81,82,83,85,86);;1H;/q;;;+2/p-2/t31?,34-,35-,36-,37+,41-,52-,53-,56-,57+,59-,60+,61+,62+;;;/m1.../s1. The van der Waals surface area contributed by atoms with Gasteiger partial charge in [-0.25, -0.2) is 4.98 Å². The number of nitrogens with two attached hydrogens (primary N) is 6. The summed E-state index contributed by atoms with van der Waals surface area (Å²) in [5.41, 5.74) is 36.3. The van der Waals surface area contributed by atoms with Crippen LogP contribution >= 0.6 is 20.2 Å². The summed E-state index contributed by atoms with van der Waals surface area (Å²) >= 11 is 0.0230. The van der Waals surface area contributed by atoms with Crippen LogP contribution in [0.5, 0.6) is 0 Å². The van der Waals surface area contributed by atoms with Crippen molar-refractivity contribution in [3.8, 4) is 5.00 Å². The number of hydrogen-bond donors (Lipinski definition) is 9. The Hall–Kier alpha value is -6.71. The first-order valence-corrected chi connectivity index (χ1v) is 33.5. The van der Waals surface area contributed by atoms with Crippen LogP contribution in [0, 0.1) is 69.4 Å². The van der Waals surface area contributed by atoms with Gasteiger partial charge >= 0.3 is 417 Å². The molecule has 2 saturated heterocycles. The van der Waals surface area contributed by atoms with Gasteiger partial charge in [-0.15, -0.1) is 12.4 Å². The van der Waals surface area contributed by atoms with Gasteiger partial charge in [0.15, 0.2) is 6.23 Å². The number of nitrogens with zero attached hydrogens (tertiary/aromatic N) is 7. The van der Waals surface area contributed by atoms with Crippen molar-refractivity contribution in [1.82, 2.24) is 18.8 Å². The number of aromatic nitrogens is 2. The Balaban J connectivity index is 0.0000125. The van der Waals surface area contributed by atoms with E-state index >= 15 is 0 Å². The van der Waals surface area contributed by atoms with E-state index in [1.54, 1.807) is 37.7 Å². The summed E-state index contributed by atoms with van der Waals surface area (Å²) in [5, 5.41) is 37.9. The molecular weight excluding hydrogens is 1300 g/mol. The zero-order valence-electron chi connectivity index (χ0n) is 54.9. The number of benzene rings is 1. The van der Waals surface area contributed by atoms with Crippen LogP contribution in [0.2, 0.25) is 0 Å². The Morgan fingerprint density at radius 3 is 1.99 bits per heavy atom. The van der Waals surface area contributed by atoms with Crippen LogP contribution in [0.3, 0.4) is 0 Å². The van der Waals surface area contributed by atoms with Crippen LogP contribution < -0.4 is 44.6 Å². The van der Waals surface area contributed by atoms with E-state index in [2.05, 4.69) is 15.3 Å². The second-order valence-electron chi connectivity index (χ2n) is 27.3. The number of aliphatic imine (C=N–C) groups is 3. The average Bonchev–Trinajstić information content (AvgIpc) is 1.51. The number of hydrogen-bond acceptors (Lipinski definition) is 20. The number of phosphoric acid groups is 1. The fourth-order valence-corrected chi connectivity index (χ4v) is 18.0. The topological polar surface area (TPSA) is 478 Å². The number of aliphatic hydroxyl groups excluding tert-OH is 2. The van der Waals surface area contributed by atoms with Crippen LogP contribution in [-0.4, -0.2) is 131 Å². The summed E-state index contributed by atoms with van der Waals surface area (Å²) in [6.45, 7) is 18.8. The van der Waals surface area contributed by atoms with Gasteiger partial charge in [-0.1, -0.05) is 0 Å². The molecule has 7 amide bonds. The van der Waals surface area contributed by atoms with Gasteiger partial charge in [-0.05, 0) is 37.1 Å².